The van der Waals surface area contributed by atoms with Gasteiger partial charge in [-0.15, -0.1) is 0 Å². The molecule has 0 aromatic heterocycles. The van der Waals surface area contributed by atoms with E-state index in [4.69, 9.17) is 11.5 Å². The molecule has 0 aliphatic carbocycles. The van der Waals surface area contributed by atoms with Gasteiger partial charge in [-0.05, 0) is 41.7 Å². The minimum absolute atomic E-state index is 0.00389. The Labute approximate surface area is 236 Å². The zero-order chi connectivity index (χ0) is 29.7. The molecule has 2 aromatic rings. The van der Waals surface area contributed by atoms with Crippen LogP contribution < -0.4 is 27.4 Å². The monoisotopic (exact) mass is 573 g/mol. The number of aliphatic carboxylic acids is 1. The minimum atomic E-state index is -1.42. The highest BCUT2D eigenvalue weighted by atomic mass is 32.2. The molecule has 216 valence electrons. The van der Waals surface area contributed by atoms with E-state index >= 15 is 0 Å². The smallest absolute Gasteiger partial charge is 0.326 e. The molecule has 0 radical (unpaired) electrons. The number of aromatic hydroxyl groups is 1. The minimum Gasteiger partial charge on any atom is -0.508 e. The quantitative estimate of drug-likeness (QED) is 0.140. The Morgan fingerprint density at radius 3 is 1.90 bits per heavy atom. The van der Waals surface area contributed by atoms with Gasteiger partial charge in [0.15, 0.2) is 0 Å². The summed E-state index contributed by atoms with van der Waals surface area (Å²) in [5, 5.41) is 26.7. The van der Waals surface area contributed by atoms with E-state index in [1.54, 1.807) is 30.3 Å². The molecular weight excluding hydrogens is 538 g/mol. The van der Waals surface area contributed by atoms with E-state index in [0.29, 0.717) is 23.3 Å². The van der Waals surface area contributed by atoms with Gasteiger partial charge >= 0.3 is 5.97 Å². The molecule has 12 nitrogen and oxygen atoms in total. The molecule has 0 aliphatic rings. The fourth-order valence-electron chi connectivity index (χ4n) is 3.74. The first-order valence-electron chi connectivity index (χ1n) is 12.5. The van der Waals surface area contributed by atoms with Crippen LogP contribution in [0.3, 0.4) is 0 Å². The number of thioether (sulfide) groups is 1. The van der Waals surface area contributed by atoms with Gasteiger partial charge in [0.2, 0.25) is 23.6 Å². The zero-order valence-electron chi connectivity index (χ0n) is 22.0. The van der Waals surface area contributed by atoms with Crippen molar-refractivity contribution in [2.75, 3.05) is 12.0 Å². The number of benzene rings is 2. The lowest BCUT2D eigenvalue weighted by Crippen LogP contribution is -2.58. The van der Waals surface area contributed by atoms with E-state index in [2.05, 4.69) is 16.0 Å². The predicted octanol–water partition coefficient (Wildman–Crippen LogP) is -0.328. The molecule has 0 fully saturated rings. The zero-order valence-corrected chi connectivity index (χ0v) is 22.9. The van der Waals surface area contributed by atoms with Crippen LogP contribution in [-0.4, -0.2) is 76.0 Å². The number of hydrogen-bond donors (Lipinski definition) is 7. The van der Waals surface area contributed by atoms with Crippen molar-refractivity contribution < 1.29 is 34.2 Å². The number of hydrogen-bond acceptors (Lipinski definition) is 8. The summed E-state index contributed by atoms with van der Waals surface area (Å²) in [6.45, 7) is 0. The van der Waals surface area contributed by atoms with E-state index in [-0.39, 0.29) is 18.6 Å². The third-order valence-electron chi connectivity index (χ3n) is 5.91. The average Bonchev–Trinajstić information content (AvgIpc) is 2.91. The molecule has 2 aromatic carbocycles. The second-order valence-electron chi connectivity index (χ2n) is 9.14. The number of carbonyl (C=O) groups excluding carboxylic acids is 4. The fraction of sp³-hybridized carbons (Fsp3) is 0.370. The number of rotatable bonds is 16. The van der Waals surface area contributed by atoms with Crippen molar-refractivity contribution >= 4 is 41.4 Å². The van der Waals surface area contributed by atoms with E-state index < -0.39 is 60.2 Å². The number of primary amides is 1. The second-order valence-corrected chi connectivity index (χ2v) is 10.1. The number of carboxylic acids is 1. The van der Waals surface area contributed by atoms with Crippen LogP contribution >= 0.6 is 11.8 Å². The van der Waals surface area contributed by atoms with Crippen LogP contribution in [0.15, 0.2) is 54.6 Å². The van der Waals surface area contributed by atoms with E-state index in [9.17, 15) is 34.2 Å². The molecule has 9 N–H and O–H groups in total. The number of amides is 4. The van der Waals surface area contributed by atoms with Crippen molar-refractivity contribution in [1.29, 1.82) is 0 Å². The standard InChI is InChI=1S/C27H35N5O7S/c1-40-12-11-19(28)24(35)30-21(15-23(29)34)26(37)31-20(13-17-7-9-18(33)10-8-17)25(36)32-22(27(38)39)14-16-5-3-2-4-6-16/h2-10,19-22,33H,11-15,28H2,1H3,(H2,29,34)(H,30,35)(H,31,37)(H,32,36)(H,38,39). The van der Waals surface area contributed by atoms with Gasteiger partial charge in [0.1, 0.15) is 23.9 Å². The number of phenols is 1. The normalized spacial score (nSPS) is 13.8. The highest BCUT2D eigenvalue weighted by molar-refractivity contribution is 7.98. The van der Waals surface area contributed by atoms with Gasteiger partial charge in [0, 0.05) is 12.8 Å². The fourth-order valence-corrected chi connectivity index (χ4v) is 4.23. The molecule has 4 atom stereocenters. The van der Waals surface area contributed by atoms with Gasteiger partial charge in [0.05, 0.1) is 12.5 Å². The van der Waals surface area contributed by atoms with E-state index in [0.717, 1.165) is 0 Å². The molecule has 13 heteroatoms. The van der Waals surface area contributed by atoms with Gasteiger partial charge in [0.25, 0.3) is 0 Å². The van der Waals surface area contributed by atoms with Gasteiger partial charge in [-0.25, -0.2) is 4.79 Å². The van der Waals surface area contributed by atoms with Crippen LogP contribution in [0.1, 0.15) is 24.0 Å². The second kappa shape index (κ2) is 16.1. The third kappa shape index (κ3) is 10.9. The number of carboxylic acid groups (broad SMARTS) is 1. The maximum atomic E-state index is 13.3. The van der Waals surface area contributed by atoms with Gasteiger partial charge < -0.3 is 37.6 Å². The maximum Gasteiger partial charge on any atom is 0.326 e. The van der Waals surface area contributed by atoms with Crippen molar-refractivity contribution in [3.8, 4) is 5.75 Å². The third-order valence-corrected chi connectivity index (χ3v) is 6.56. The van der Waals surface area contributed by atoms with Gasteiger partial charge in [-0.3, -0.25) is 19.2 Å². The Morgan fingerprint density at radius 2 is 1.32 bits per heavy atom. The molecule has 0 saturated heterocycles. The molecule has 4 unspecified atom stereocenters. The summed E-state index contributed by atoms with van der Waals surface area (Å²) in [4.78, 5) is 62.6. The molecule has 0 spiro atoms. The molecule has 40 heavy (non-hydrogen) atoms. The van der Waals surface area contributed by atoms with Crippen LogP contribution in [0.25, 0.3) is 0 Å². The van der Waals surface area contributed by atoms with Crippen molar-refractivity contribution in [2.45, 2.75) is 49.9 Å². The van der Waals surface area contributed by atoms with Gasteiger partial charge in [-0.2, -0.15) is 11.8 Å². The predicted molar refractivity (Wildman–Crippen MR) is 150 cm³/mol. The summed E-state index contributed by atoms with van der Waals surface area (Å²) in [5.41, 5.74) is 12.4. The van der Waals surface area contributed by atoms with Crippen LogP contribution in [0.5, 0.6) is 5.75 Å². The molecule has 2 rings (SSSR count). The summed E-state index contributed by atoms with van der Waals surface area (Å²) in [6, 6.07) is 9.62. The SMILES string of the molecule is CSCCC(N)C(=O)NC(CC(N)=O)C(=O)NC(Cc1ccc(O)cc1)C(=O)NC(Cc1ccccc1)C(=O)O. The lowest BCUT2D eigenvalue weighted by atomic mass is 10.0. The molecule has 0 aliphatic heterocycles. The molecule has 0 heterocycles. The van der Waals surface area contributed by atoms with Crippen LogP contribution in [0.2, 0.25) is 0 Å². The number of nitrogens with two attached hydrogens (primary N) is 2. The highest BCUT2D eigenvalue weighted by Crippen LogP contribution is 2.12. The summed E-state index contributed by atoms with van der Waals surface area (Å²) in [5.74, 6) is -3.89. The molecular formula is C27H35N5O7S. The number of carbonyl (C=O) groups is 5. The molecule has 4 amide bonds. The van der Waals surface area contributed by atoms with Crippen molar-refractivity contribution in [2.24, 2.45) is 11.5 Å². The summed E-state index contributed by atoms with van der Waals surface area (Å²) in [6.07, 6.45) is 1.55. The van der Waals surface area contributed by atoms with E-state index in [1.807, 2.05) is 6.26 Å². The number of nitrogens with one attached hydrogen (secondary N) is 3. The Morgan fingerprint density at radius 1 is 0.800 bits per heavy atom. The first kappa shape index (κ1) is 32.1. The van der Waals surface area contributed by atoms with Crippen LogP contribution in [-0.2, 0) is 36.8 Å². The average molecular weight is 574 g/mol. The summed E-state index contributed by atoms with van der Waals surface area (Å²) < 4.78 is 0. The van der Waals surface area contributed by atoms with Crippen LogP contribution in [0, 0.1) is 0 Å². The Hall–Kier alpha value is -4.10. The van der Waals surface area contributed by atoms with Crippen molar-refractivity contribution in [3.05, 3.63) is 65.7 Å². The van der Waals surface area contributed by atoms with E-state index in [1.165, 1.54) is 36.0 Å². The first-order chi connectivity index (χ1) is 19.0. The Kier molecular flexibility index (Phi) is 12.9. The number of phenolic OH excluding ortho intramolecular Hbond substituents is 1. The van der Waals surface area contributed by atoms with Crippen molar-refractivity contribution in [1.82, 2.24) is 16.0 Å². The first-order valence-corrected chi connectivity index (χ1v) is 13.9. The highest BCUT2D eigenvalue weighted by Gasteiger charge is 2.31. The summed E-state index contributed by atoms with van der Waals surface area (Å²) >= 11 is 1.49. The lowest BCUT2D eigenvalue weighted by Gasteiger charge is -2.25. The Balaban J connectivity index is 2.26. The lowest BCUT2D eigenvalue weighted by molar-refractivity contribution is -0.142. The molecule has 0 saturated carbocycles. The van der Waals surface area contributed by atoms with Crippen molar-refractivity contribution in [3.63, 3.8) is 0 Å². The molecule has 0 bridgehead atoms. The maximum absolute atomic E-state index is 13.3. The largest absolute Gasteiger partial charge is 0.508 e. The Bertz CT molecular complexity index is 1160. The van der Waals surface area contributed by atoms with Gasteiger partial charge in [-0.1, -0.05) is 42.5 Å². The topological polar surface area (TPSA) is 214 Å². The van der Waals surface area contributed by atoms with Crippen LogP contribution in [0.4, 0.5) is 0 Å². The summed E-state index contributed by atoms with van der Waals surface area (Å²) in [7, 11) is 0.